The first-order chi connectivity index (χ1) is 8.03. The summed E-state index contributed by atoms with van der Waals surface area (Å²) in [4.78, 5) is 12.4. The molecule has 0 amide bonds. The van der Waals surface area contributed by atoms with Crippen molar-refractivity contribution in [1.29, 1.82) is 0 Å². The maximum absolute atomic E-state index is 12.4. The maximum Gasteiger partial charge on any atom is 0.184 e. The molecule has 0 atom stereocenters. The second kappa shape index (κ2) is 4.94. The predicted octanol–water partition coefficient (Wildman–Crippen LogP) is 2.68. The Morgan fingerprint density at radius 2 is 1.94 bits per heavy atom. The maximum atomic E-state index is 12.4. The Bertz CT molecular complexity index is 442. The molecule has 1 aromatic rings. The molecule has 0 spiro atoms. The molecule has 0 aromatic heterocycles. The first-order valence-corrected chi connectivity index (χ1v) is 6.15. The van der Waals surface area contributed by atoms with Crippen LogP contribution in [-0.2, 0) is 4.74 Å². The molecule has 17 heavy (non-hydrogen) atoms. The molecule has 0 radical (unpaired) electrons. The van der Waals surface area contributed by atoms with E-state index in [1.807, 2.05) is 0 Å². The zero-order valence-corrected chi connectivity index (χ0v) is 10.7. The Morgan fingerprint density at radius 3 is 2.59 bits per heavy atom. The average molecular weight is 274 g/mol. The minimum Gasteiger partial charge on any atom is -0.381 e. The molecule has 92 valence electrons. The van der Waals surface area contributed by atoms with Crippen LogP contribution in [0.3, 0.4) is 0 Å². The fourth-order valence-corrected chi connectivity index (χ4v) is 2.28. The van der Waals surface area contributed by atoms with Gasteiger partial charge in [0.2, 0.25) is 0 Å². The van der Waals surface area contributed by atoms with Gasteiger partial charge in [0.05, 0.1) is 10.6 Å². The number of hydrogen-bond acceptors (Lipinski definition) is 3. The van der Waals surface area contributed by atoms with Crippen molar-refractivity contribution >= 4 is 29.0 Å². The van der Waals surface area contributed by atoms with E-state index in [2.05, 4.69) is 0 Å². The number of ketones is 1. The highest BCUT2D eigenvalue weighted by Gasteiger charge is 2.37. The molecular formula is C12H13Cl2NO2. The molecule has 1 aliphatic rings. The zero-order chi connectivity index (χ0) is 12.5. The first-order valence-electron chi connectivity index (χ1n) is 5.39. The summed E-state index contributed by atoms with van der Waals surface area (Å²) < 4.78 is 5.21. The van der Waals surface area contributed by atoms with Crippen LogP contribution < -0.4 is 5.73 Å². The van der Waals surface area contributed by atoms with E-state index in [0.29, 0.717) is 41.7 Å². The molecule has 0 saturated carbocycles. The second-order valence-corrected chi connectivity index (χ2v) is 5.07. The third-order valence-corrected chi connectivity index (χ3v) is 3.57. The fourth-order valence-electron chi connectivity index (χ4n) is 1.90. The van der Waals surface area contributed by atoms with Crippen LogP contribution >= 0.6 is 23.2 Å². The molecular weight excluding hydrogens is 261 g/mol. The van der Waals surface area contributed by atoms with Gasteiger partial charge in [-0.25, -0.2) is 0 Å². The number of halogens is 2. The first kappa shape index (κ1) is 12.8. The lowest BCUT2D eigenvalue weighted by molar-refractivity contribution is 0.0448. The van der Waals surface area contributed by atoms with E-state index >= 15 is 0 Å². The van der Waals surface area contributed by atoms with Gasteiger partial charge >= 0.3 is 0 Å². The van der Waals surface area contributed by atoms with Gasteiger partial charge in [0.25, 0.3) is 0 Å². The number of nitrogens with two attached hydrogens (primary N) is 1. The Morgan fingerprint density at radius 1 is 1.29 bits per heavy atom. The number of ether oxygens (including phenoxy) is 1. The van der Waals surface area contributed by atoms with Gasteiger partial charge in [0, 0.05) is 23.8 Å². The van der Waals surface area contributed by atoms with Crippen LogP contribution in [0.1, 0.15) is 23.2 Å². The Labute approximate surface area is 110 Å². The molecule has 0 unspecified atom stereocenters. The lowest BCUT2D eigenvalue weighted by atomic mass is 9.83. The van der Waals surface area contributed by atoms with E-state index in [9.17, 15) is 4.79 Å². The van der Waals surface area contributed by atoms with E-state index in [4.69, 9.17) is 33.7 Å². The highest BCUT2D eigenvalue weighted by molar-refractivity contribution is 6.36. The van der Waals surface area contributed by atoms with E-state index in [-0.39, 0.29) is 5.78 Å². The number of carbonyl (C=O) groups is 1. The van der Waals surface area contributed by atoms with Crippen LogP contribution in [0.15, 0.2) is 18.2 Å². The van der Waals surface area contributed by atoms with E-state index < -0.39 is 5.54 Å². The minimum absolute atomic E-state index is 0.159. The van der Waals surface area contributed by atoms with Crippen molar-refractivity contribution in [2.45, 2.75) is 18.4 Å². The van der Waals surface area contributed by atoms with Crippen molar-refractivity contribution in [3.8, 4) is 0 Å². The number of Topliss-reactive ketones (excluding diaryl/α,β-unsaturated/α-hetero) is 1. The third-order valence-electron chi connectivity index (χ3n) is 3.01. The van der Waals surface area contributed by atoms with Crippen molar-refractivity contribution in [2.24, 2.45) is 5.73 Å². The Balaban J connectivity index is 2.32. The molecule has 3 nitrogen and oxygen atoms in total. The summed E-state index contributed by atoms with van der Waals surface area (Å²) >= 11 is 11.9. The number of benzene rings is 1. The summed E-state index contributed by atoms with van der Waals surface area (Å²) in [5.74, 6) is -0.159. The van der Waals surface area contributed by atoms with Gasteiger partial charge in [-0.1, -0.05) is 23.2 Å². The summed E-state index contributed by atoms with van der Waals surface area (Å²) in [7, 11) is 0. The minimum atomic E-state index is -0.882. The van der Waals surface area contributed by atoms with Crippen LogP contribution in [0.4, 0.5) is 0 Å². The smallest absolute Gasteiger partial charge is 0.184 e. The highest BCUT2D eigenvalue weighted by Crippen LogP contribution is 2.28. The normalized spacial score (nSPS) is 19.0. The Hall–Kier alpha value is -0.610. The van der Waals surface area contributed by atoms with Gasteiger partial charge < -0.3 is 10.5 Å². The second-order valence-electron chi connectivity index (χ2n) is 4.22. The lowest BCUT2D eigenvalue weighted by Gasteiger charge is -2.32. The quantitative estimate of drug-likeness (QED) is 0.843. The highest BCUT2D eigenvalue weighted by atomic mass is 35.5. The largest absolute Gasteiger partial charge is 0.381 e. The lowest BCUT2D eigenvalue weighted by Crippen LogP contribution is -2.52. The van der Waals surface area contributed by atoms with Crippen LogP contribution in [0, 0.1) is 0 Å². The van der Waals surface area contributed by atoms with E-state index in [1.54, 1.807) is 18.2 Å². The van der Waals surface area contributed by atoms with Gasteiger partial charge in [-0.2, -0.15) is 0 Å². The summed E-state index contributed by atoms with van der Waals surface area (Å²) in [6.45, 7) is 1.00. The van der Waals surface area contributed by atoms with Gasteiger partial charge in [-0.3, -0.25) is 4.79 Å². The molecule has 1 fully saturated rings. The van der Waals surface area contributed by atoms with Crippen LogP contribution in [0.2, 0.25) is 10.0 Å². The van der Waals surface area contributed by atoms with Crippen LogP contribution in [0.5, 0.6) is 0 Å². The SMILES string of the molecule is NC1(C(=O)c2cc(Cl)ccc2Cl)CCOCC1. The Kier molecular flexibility index (Phi) is 3.73. The van der Waals surface area contributed by atoms with Crippen molar-refractivity contribution in [1.82, 2.24) is 0 Å². The molecule has 1 aromatic carbocycles. The summed E-state index contributed by atoms with van der Waals surface area (Å²) in [5, 5.41) is 0.865. The van der Waals surface area contributed by atoms with Crippen molar-refractivity contribution in [2.75, 3.05) is 13.2 Å². The predicted molar refractivity (Wildman–Crippen MR) is 67.8 cm³/mol. The average Bonchev–Trinajstić information content (AvgIpc) is 2.32. The topological polar surface area (TPSA) is 52.3 Å². The van der Waals surface area contributed by atoms with Gasteiger partial charge in [0.1, 0.15) is 0 Å². The van der Waals surface area contributed by atoms with E-state index in [0.717, 1.165) is 0 Å². The van der Waals surface area contributed by atoms with Crippen molar-refractivity contribution in [3.05, 3.63) is 33.8 Å². The molecule has 2 N–H and O–H groups in total. The summed E-state index contributed by atoms with van der Waals surface area (Å²) in [6.07, 6.45) is 1.02. The number of hydrogen-bond donors (Lipinski definition) is 1. The monoisotopic (exact) mass is 273 g/mol. The van der Waals surface area contributed by atoms with Gasteiger partial charge in [0.15, 0.2) is 5.78 Å². The fraction of sp³-hybridized carbons (Fsp3) is 0.417. The summed E-state index contributed by atoms with van der Waals surface area (Å²) in [6, 6.07) is 4.82. The third kappa shape index (κ3) is 2.63. The van der Waals surface area contributed by atoms with Gasteiger partial charge in [-0.15, -0.1) is 0 Å². The molecule has 1 saturated heterocycles. The van der Waals surface area contributed by atoms with Crippen molar-refractivity contribution in [3.63, 3.8) is 0 Å². The zero-order valence-electron chi connectivity index (χ0n) is 9.21. The molecule has 1 aliphatic heterocycles. The number of carbonyl (C=O) groups excluding carboxylic acids is 1. The van der Waals surface area contributed by atoms with E-state index in [1.165, 1.54) is 0 Å². The van der Waals surface area contributed by atoms with Crippen LogP contribution in [0.25, 0.3) is 0 Å². The molecule has 0 aliphatic carbocycles. The number of rotatable bonds is 2. The molecule has 5 heteroatoms. The van der Waals surface area contributed by atoms with Crippen LogP contribution in [-0.4, -0.2) is 24.5 Å². The standard InChI is InChI=1S/C12H13Cl2NO2/c13-8-1-2-10(14)9(7-8)11(16)12(15)3-5-17-6-4-12/h1-2,7H,3-6,15H2. The molecule has 0 bridgehead atoms. The molecule has 2 rings (SSSR count). The van der Waals surface area contributed by atoms with Gasteiger partial charge in [-0.05, 0) is 31.0 Å². The summed E-state index contributed by atoms with van der Waals surface area (Å²) in [5.41, 5.74) is 5.63. The van der Waals surface area contributed by atoms with Crippen molar-refractivity contribution < 1.29 is 9.53 Å². The molecule has 1 heterocycles.